The van der Waals surface area contributed by atoms with Crippen LogP contribution in [-0.2, 0) is 0 Å². The van der Waals surface area contributed by atoms with Crippen molar-refractivity contribution in [3.63, 3.8) is 0 Å². The quantitative estimate of drug-likeness (QED) is 0.773. The molecule has 0 fully saturated rings. The van der Waals surface area contributed by atoms with Crippen LogP contribution in [-0.4, -0.2) is 15.8 Å². The molecule has 2 heterocycles. The van der Waals surface area contributed by atoms with E-state index in [1.807, 2.05) is 18.2 Å². The Morgan fingerprint density at radius 2 is 2.14 bits per heavy atom. The monoisotopic (exact) mass is 203 g/mol. The lowest BCUT2D eigenvalue weighted by molar-refractivity contribution is 1.12. The number of nitrogens with one attached hydrogen (secondary N) is 1. The van der Waals surface area contributed by atoms with Gasteiger partial charge in [0.05, 0.1) is 12.2 Å². The summed E-state index contributed by atoms with van der Waals surface area (Å²) in [4.78, 5) is 9.63. The number of aromatic nitrogens is 2. The molecule has 14 heavy (non-hydrogen) atoms. The molecule has 1 aliphatic heterocycles. The Labute approximate surface area is 86.2 Å². The lowest BCUT2D eigenvalue weighted by Crippen LogP contribution is -2.11. The minimum Gasteiger partial charge on any atom is -0.330 e. The number of thioether (sulfide) groups is 1. The number of H-pyrrole nitrogens is 1. The summed E-state index contributed by atoms with van der Waals surface area (Å²) < 4.78 is 0. The molecule has 1 N–H and O–H groups in total. The molecule has 0 atom stereocenters. The van der Waals surface area contributed by atoms with Crippen LogP contribution in [0.4, 0.5) is 11.5 Å². The van der Waals surface area contributed by atoms with Crippen molar-refractivity contribution in [3.05, 3.63) is 36.7 Å². The number of nitrogens with zero attached hydrogens (tertiary/aromatic N) is 2. The molecule has 70 valence electrons. The zero-order valence-electron chi connectivity index (χ0n) is 7.47. The Bertz CT molecular complexity index is 438. The molecule has 0 aliphatic carbocycles. The molecule has 0 spiro atoms. The first-order valence-electron chi connectivity index (χ1n) is 4.44. The topological polar surface area (TPSA) is 31.9 Å². The van der Waals surface area contributed by atoms with Gasteiger partial charge in [-0.3, -0.25) is 0 Å². The summed E-state index contributed by atoms with van der Waals surface area (Å²) in [5, 5.41) is 1.09. The molecule has 2 aromatic rings. The average Bonchev–Trinajstić information content (AvgIpc) is 2.79. The standard InChI is InChI=1S/C10H9N3S/c1-2-4-8(5-3-1)13-7-14-10-9(13)11-6-12-10/h1-6H,7H2,(H,11,12). The fraction of sp³-hybridized carbons (Fsp3) is 0.100. The van der Waals surface area contributed by atoms with Crippen LogP contribution in [0.2, 0.25) is 0 Å². The van der Waals surface area contributed by atoms with E-state index in [0.717, 1.165) is 16.7 Å². The largest absolute Gasteiger partial charge is 0.330 e. The predicted molar refractivity (Wildman–Crippen MR) is 57.9 cm³/mol. The van der Waals surface area contributed by atoms with Gasteiger partial charge < -0.3 is 9.88 Å². The van der Waals surface area contributed by atoms with Gasteiger partial charge in [-0.2, -0.15) is 0 Å². The van der Waals surface area contributed by atoms with Gasteiger partial charge >= 0.3 is 0 Å². The van der Waals surface area contributed by atoms with E-state index < -0.39 is 0 Å². The number of benzene rings is 1. The maximum absolute atomic E-state index is 4.24. The fourth-order valence-corrected chi connectivity index (χ4v) is 2.54. The number of para-hydroxylation sites is 1. The third-order valence-corrected chi connectivity index (χ3v) is 3.21. The average molecular weight is 203 g/mol. The lowest BCUT2D eigenvalue weighted by Gasteiger charge is -2.16. The van der Waals surface area contributed by atoms with Crippen molar-refractivity contribution in [1.82, 2.24) is 9.97 Å². The number of hydrogen-bond acceptors (Lipinski definition) is 3. The van der Waals surface area contributed by atoms with Gasteiger partial charge in [-0.05, 0) is 12.1 Å². The summed E-state index contributed by atoms with van der Waals surface area (Å²) in [7, 11) is 0. The minimum absolute atomic E-state index is 0.943. The van der Waals surface area contributed by atoms with Gasteiger partial charge in [-0.25, -0.2) is 4.98 Å². The second kappa shape index (κ2) is 3.06. The van der Waals surface area contributed by atoms with Crippen LogP contribution in [0.5, 0.6) is 0 Å². The normalized spacial score (nSPS) is 14.4. The molecule has 0 radical (unpaired) electrons. The molecule has 1 aromatic heterocycles. The Kier molecular flexibility index (Phi) is 1.73. The molecule has 0 unspecified atom stereocenters. The van der Waals surface area contributed by atoms with Crippen LogP contribution in [0.15, 0.2) is 41.7 Å². The molecular formula is C10H9N3S. The van der Waals surface area contributed by atoms with Crippen LogP contribution in [0.3, 0.4) is 0 Å². The van der Waals surface area contributed by atoms with E-state index in [1.165, 1.54) is 5.69 Å². The second-order valence-corrected chi connectivity index (χ2v) is 4.03. The van der Waals surface area contributed by atoms with Crippen molar-refractivity contribution >= 4 is 23.3 Å². The van der Waals surface area contributed by atoms with Crippen molar-refractivity contribution in [2.24, 2.45) is 0 Å². The summed E-state index contributed by atoms with van der Waals surface area (Å²) in [5.41, 5.74) is 1.21. The van der Waals surface area contributed by atoms with E-state index >= 15 is 0 Å². The zero-order chi connectivity index (χ0) is 9.38. The van der Waals surface area contributed by atoms with E-state index in [1.54, 1.807) is 18.1 Å². The van der Waals surface area contributed by atoms with Crippen molar-refractivity contribution in [2.75, 3.05) is 10.8 Å². The third-order valence-electron chi connectivity index (χ3n) is 2.25. The van der Waals surface area contributed by atoms with Crippen molar-refractivity contribution in [3.8, 4) is 0 Å². The molecule has 3 rings (SSSR count). The van der Waals surface area contributed by atoms with Crippen LogP contribution in [0, 0.1) is 0 Å². The predicted octanol–water partition coefficient (Wildman–Crippen LogP) is 2.61. The first kappa shape index (κ1) is 7.94. The number of rotatable bonds is 1. The smallest absolute Gasteiger partial charge is 0.145 e. The first-order chi connectivity index (χ1) is 6.95. The van der Waals surface area contributed by atoms with Crippen LogP contribution >= 0.6 is 11.8 Å². The highest BCUT2D eigenvalue weighted by Crippen LogP contribution is 2.39. The van der Waals surface area contributed by atoms with E-state index in [4.69, 9.17) is 0 Å². The van der Waals surface area contributed by atoms with Crippen molar-refractivity contribution in [2.45, 2.75) is 5.03 Å². The number of aromatic amines is 1. The Morgan fingerprint density at radius 1 is 1.29 bits per heavy atom. The van der Waals surface area contributed by atoms with Gasteiger partial charge in [0.25, 0.3) is 0 Å². The Balaban J connectivity index is 2.03. The summed E-state index contributed by atoms with van der Waals surface area (Å²) in [6.07, 6.45) is 1.74. The summed E-state index contributed by atoms with van der Waals surface area (Å²) >= 11 is 1.76. The number of hydrogen-bond donors (Lipinski definition) is 1. The van der Waals surface area contributed by atoms with Crippen molar-refractivity contribution in [1.29, 1.82) is 0 Å². The molecule has 0 amide bonds. The maximum atomic E-state index is 4.24. The highest BCUT2D eigenvalue weighted by Gasteiger charge is 2.22. The molecule has 1 aliphatic rings. The highest BCUT2D eigenvalue weighted by molar-refractivity contribution is 7.99. The summed E-state index contributed by atoms with van der Waals surface area (Å²) in [6.45, 7) is 0. The SMILES string of the molecule is c1ccc(N2CSc3nc[nH]c32)cc1. The van der Waals surface area contributed by atoms with Crippen LogP contribution in [0.1, 0.15) is 0 Å². The van der Waals surface area contributed by atoms with Crippen LogP contribution < -0.4 is 4.90 Å². The van der Waals surface area contributed by atoms with E-state index in [2.05, 4.69) is 27.0 Å². The Morgan fingerprint density at radius 3 is 3.00 bits per heavy atom. The molecule has 1 aromatic carbocycles. The summed E-state index contributed by atoms with van der Waals surface area (Å²) in [6, 6.07) is 10.3. The van der Waals surface area contributed by atoms with Gasteiger partial charge in [0, 0.05) is 5.69 Å². The number of imidazole rings is 1. The molecule has 4 heteroatoms. The zero-order valence-corrected chi connectivity index (χ0v) is 8.29. The fourth-order valence-electron chi connectivity index (χ4n) is 1.58. The number of anilines is 2. The highest BCUT2D eigenvalue weighted by atomic mass is 32.2. The molecule has 0 saturated heterocycles. The van der Waals surface area contributed by atoms with Gasteiger partial charge in [0.2, 0.25) is 0 Å². The van der Waals surface area contributed by atoms with Gasteiger partial charge in [0.15, 0.2) is 0 Å². The first-order valence-corrected chi connectivity index (χ1v) is 5.42. The van der Waals surface area contributed by atoms with E-state index in [0.29, 0.717) is 0 Å². The van der Waals surface area contributed by atoms with Crippen molar-refractivity contribution < 1.29 is 0 Å². The maximum Gasteiger partial charge on any atom is 0.145 e. The van der Waals surface area contributed by atoms with E-state index in [-0.39, 0.29) is 0 Å². The minimum atomic E-state index is 0.943. The second-order valence-electron chi connectivity index (χ2n) is 3.09. The molecular weight excluding hydrogens is 194 g/mol. The van der Waals surface area contributed by atoms with Gasteiger partial charge in [0.1, 0.15) is 10.8 Å². The third kappa shape index (κ3) is 1.11. The molecule has 0 saturated carbocycles. The summed E-state index contributed by atoms with van der Waals surface area (Å²) in [5.74, 6) is 2.06. The molecule has 0 bridgehead atoms. The Hall–Kier alpha value is -1.42. The van der Waals surface area contributed by atoms with Crippen LogP contribution in [0.25, 0.3) is 0 Å². The van der Waals surface area contributed by atoms with E-state index in [9.17, 15) is 0 Å². The van der Waals surface area contributed by atoms with Gasteiger partial charge in [-0.1, -0.05) is 30.0 Å². The lowest BCUT2D eigenvalue weighted by atomic mass is 10.3. The molecule has 3 nitrogen and oxygen atoms in total. The van der Waals surface area contributed by atoms with Gasteiger partial charge in [-0.15, -0.1) is 0 Å². The number of fused-ring (bicyclic) bond motifs is 1.